The van der Waals surface area contributed by atoms with Crippen LogP contribution in [0.4, 0.5) is 10.6 Å². The van der Waals surface area contributed by atoms with Crippen molar-refractivity contribution in [3.8, 4) is 11.1 Å². The second-order valence-corrected chi connectivity index (χ2v) is 8.92. The summed E-state index contributed by atoms with van der Waals surface area (Å²) in [7, 11) is 0. The molecule has 5 rings (SSSR count). The van der Waals surface area contributed by atoms with Gasteiger partial charge in [-0.15, -0.1) is 0 Å². The molecule has 3 N–H and O–H groups in total. The van der Waals surface area contributed by atoms with E-state index in [4.69, 9.17) is 4.74 Å². The fourth-order valence-electron chi connectivity index (χ4n) is 5.14. The topological polar surface area (TPSA) is 144 Å². The molecule has 0 bridgehead atoms. The third-order valence-corrected chi connectivity index (χ3v) is 6.70. The number of hydrogen-bond acceptors (Lipinski definition) is 7. The van der Waals surface area contributed by atoms with E-state index in [1.165, 1.54) is 0 Å². The maximum absolute atomic E-state index is 12.8. The molecule has 1 saturated carbocycles. The summed E-state index contributed by atoms with van der Waals surface area (Å²) in [6.07, 6.45) is 1.72. The van der Waals surface area contributed by atoms with Crippen LogP contribution in [0.1, 0.15) is 59.6 Å². The summed E-state index contributed by atoms with van der Waals surface area (Å²) in [5, 5.41) is 21.7. The fraction of sp³-hybridized carbons (Fsp3) is 0.320. The lowest BCUT2D eigenvalue weighted by Gasteiger charge is -2.28. The number of rotatable bonds is 7. The van der Waals surface area contributed by atoms with Crippen molar-refractivity contribution in [1.29, 1.82) is 0 Å². The summed E-state index contributed by atoms with van der Waals surface area (Å²) in [5.41, 5.74) is 3.27. The lowest BCUT2D eigenvalue weighted by molar-refractivity contribution is -0.138. The van der Waals surface area contributed by atoms with Crippen molar-refractivity contribution in [3.05, 3.63) is 65.4 Å². The molecule has 2 aromatic carbocycles. The maximum Gasteiger partial charge on any atom is 0.412 e. The molecule has 35 heavy (non-hydrogen) atoms. The van der Waals surface area contributed by atoms with Crippen molar-refractivity contribution in [2.75, 3.05) is 11.9 Å². The normalized spacial score (nSPS) is 15.8. The summed E-state index contributed by atoms with van der Waals surface area (Å²) >= 11 is 0. The van der Waals surface area contributed by atoms with Crippen LogP contribution in [0.5, 0.6) is 0 Å². The average molecular weight is 476 g/mol. The van der Waals surface area contributed by atoms with Gasteiger partial charge in [0.2, 0.25) is 11.5 Å². The zero-order valence-corrected chi connectivity index (χ0v) is 18.8. The Hall–Kier alpha value is -4.21. The van der Waals surface area contributed by atoms with E-state index in [1.54, 1.807) is 0 Å². The summed E-state index contributed by atoms with van der Waals surface area (Å²) in [5.74, 6) is -1.97. The number of carboxylic acids is 1. The SMILES string of the molecule is O=C(O)CC1(NC(=O)c2nonc2NC(=O)OCC2c3ccccc3-c3ccccc32)CCCC1. The molecule has 2 aliphatic rings. The minimum Gasteiger partial charge on any atom is -0.481 e. The minimum atomic E-state index is -0.998. The Balaban J connectivity index is 1.25. The van der Waals surface area contributed by atoms with E-state index in [2.05, 4.69) is 25.6 Å². The number of hydrogen-bond donors (Lipinski definition) is 3. The molecule has 180 valence electrons. The highest BCUT2D eigenvalue weighted by Gasteiger charge is 2.39. The monoisotopic (exact) mass is 476 g/mol. The zero-order valence-electron chi connectivity index (χ0n) is 18.8. The van der Waals surface area contributed by atoms with Crippen LogP contribution in [0.15, 0.2) is 53.2 Å². The molecule has 0 radical (unpaired) electrons. The van der Waals surface area contributed by atoms with E-state index in [9.17, 15) is 19.5 Å². The van der Waals surface area contributed by atoms with E-state index in [-0.39, 0.29) is 30.5 Å². The van der Waals surface area contributed by atoms with Crippen molar-refractivity contribution in [2.24, 2.45) is 0 Å². The molecule has 1 heterocycles. The van der Waals surface area contributed by atoms with Crippen LogP contribution >= 0.6 is 0 Å². The van der Waals surface area contributed by atoms with Crippen molar-refractivity contribution >= 4 is 23.8 Å². The van der Waals surface area contributed by atoms with Gasteiger partial charge < -0.3 is 15.2 Å². The number of benzene rings is 2. The van der Waals surface area contributed by atoms with Gasteiger partial charge in [-0.2, -0.15) is 0 Å². The Kier molecular flexibility index (Phi) is 5.94. The number of amides is 2. The Morgan fingerprint density at radius 1 is 1.00 bits per heavy atom. The zero-order chi connectivity index (χ0) is 24.4. The van der Waals surface area contributed by atoms with Crippen LogP contribution in [-0.4, -0.2) is 45.5 Å². The quantitative estimate of drug-likeness (QED) is 0.465. The molecule has 2 amide bonds. The van der Waals surface area contributed by atoms with Gasteiger partial charge >= 0.3 is 12.1 Å². The first kappa shape index (κ1) is 22.6. The van der Waals surface area contributed by atoms with Gasteiger partial charge in [-0.05, 0) is 45.4 Å². The highest BCUT2D eigenvalue weighted by Crippen LogP contribution is 2.44. The Morgan fingerprint density at radius 2 is 1.63 bits per heavy atom. The van der Waals surface area contributed by atoms with Gasteiger partial charge in [0.25, 0.3) is 5.91 Å². The number of ether oxygens (including phenoxy) is 1. The molecule has 10 nitrogen and oxygen atoms in total. The molecule has 10 heteroatoms. The van der Waals surface area contributed by atoms with E-state index in [1.807, 2.05) is 48.5 Å². The van der Waals surface area contributed by atoms with Gasteiger partial charge in [0.15, 0.2) is 0 Å². The van der Waals surface area contributed by atoms with Gasteiger partial charge in [-0.1, -0.05) is 61.4 Å². The van der Waals surface area contributed by atoms with Crippen molar-refractivity contribution in [2.45, 2.75) is 43.6 Å². The number of carbonyl (C=O) groups is 3. The molecule has 0 spiro atoms. The molecular weight excluding hydrogens is 452 g/mol. The number of nitrogens with one attached hydrogen (secondary N) is 2. The number of aliphatic carboxylic acids is 1. The lowest BCUT2D eigenvalue weighted by atomic mass is 9.93. The number of aromatic nitrogens is 2. The summed E-state index contributed by atoms with van der Waals surface area (Å²) < 4.78 is 10.2. The molecule has 1 fully saturated rings. The van der Waals surface area contributed by atoms with Gasteiger partial charge in [-0.25, -0.2) is 9.42 Å². The third-order valence-electron chi connectivity index (χ3n) is 6.70. The second-order valence-electron chi connectivity index (χ2n) is 8.92. The molecule has 0 aliphatic heterocycles. The van der Waals surface area contributed by atoms with Crippen LogP contribution in [0.3, 0.4) is 0 Å². The van der Waals surface area contributed by atoms with Gasteiger partial charge in [0.1, 0.15) is 6.61 Å². The first-order valence-corrected chi connectivity index (χ1v) is 11.4. The summed E-state index contributed by atoms with van der Waals surface area (Å²) in [6, 6.07) is 16.0. The van der Waals surface area contributed by atoms with Crippen LogP contribution < -0.4 is 10.6 Å². The van der Waals surface area contributed by atoms with Crippen molar-refractivity contribution in [1.82, 2.24) is 15.6 Å². The lowest BCUT2D eigenvalue weighted by Crippen LogP contribution is -2.48. The summed E-state index contributed by atoms with van der Waals surface area (Å²) in [4.78, 5) is 36.7. The van der Waals surface area contributed by atoms with Crippen LogP contribution in [0.25, 0.3) is 11.1 Å². The average Bonchev–Trinajstić information content (AvgIpc) is 3.55. The first-order chi connectivity index (χ1) is 17.0. The Bertz CT molecular complexity index is 1230. The Morgan fingerprint density at radius 3 is 2.26 bits per heavy atom. The smallest absolute Gasteiger partial charge is 0.412 e. The van der Waals surface area contributed by atoms with Crippen molar-refractivity contribution < 1.29 is 28.9 Å². The molecule has 0 atom stereocenters. The number of carbonyl (C=O) groups excluding carboxylic acids is 2. The maximum atomic E-state index is 12.8. The number of carboxylic acid groups (broad SMARTS) is 1. The van der Waals surface area contributed by atoms with Crippen LogP contribution in [-0.2, 0) is 9.53 Å². The van der Waals surface area contributed by atoms with Gasteiger partial charge in [-0.3, -0.25) is 14.9 Å². The number of anilines is 1. The second kappa shape index (κ2) is 9.21. The molecule has 1 aromatic heterocycles. The van der Waals surface area contributed by atoms with Gasteiger partial charge in [0, 0.05) is 5.92 Å². The predicted octanol–water partition coefficient (Wildman–Crippen LogP) is 3.95. The largest absolute Gasteiger partial charge is 0.481 e. The molecule has 2 aliphatic carbocycles. The van der Waals surface area contributed by atoms with E-state index in [0.29, 0.717) is 12.8 Å². The van der Waals surface area contributed by atoms with Crippen LogP contribution in [0.2, 0.25) is 0 Å². The molecule has 3 aromatic rings. The molecular formula is C25H24N4O6. The molecule has 0 saturated heterocycles. The Labute approximate surface area is 200 Å². The highest BCUT2D eigenvalue weighted by atomic mass is 16.6. The van der Waals surface area contributed by atoms with E-state index < -0.39 is 23.5 Å². The first-order valence-electron chi connectivity index (χ1n) is 11.4. The van der Waals surface area contributed by atoms with E-state index >= 15 is 0 Å². The predicted molar refractivity (Wildman–Crippen MR) is 124 cm³/mol. The van der Waals surface area contributed by atoms with Gasteiger partial charge in [0.05, 0.1) is 12.0 Å². The van der Waals surface area contributed by atoms with Crippen molar-refractivity contribution in [3.63, 3.8) is 0 Å². The van der Waals surface area contributed by atoms with Crippen LogP contribution in [0, 0.1) is 0 Å². The summed E-state index contributed by atoms with van der Waals surface area (Å²) in [6.45, 7) is 0.0917. The number of fused-ring (bicyclic) bond motifs is 3. The standard InChI is InChI=1S/C25H24N4O6/c30-20(31)13-25(11-5-6-12-25)27-23(32)21-22(29-35-28-21)26-24(33)34-14-19-17-9-3-1-7-15(17)16-8-2-4-10-18(16)19/h1-4,7-10,19H,5-6,11-14H2,(H,27,32)(H,30,31)(H,26,29,33). The minimum absolute atomic E-state index is 0.0917. The molecule has 0 unspecified atom stereocenters. The number of nitrogens with zero attached hydrogens (tertiary/aromatic N) is 2. The van der Waals surface area contributed by atoms with E-state index in [0.717, 1.165) is 35.1 Å². The fourth-order valence-corrected chi connectivity index (χ4v) is 5.14. The third kappa shape index (κ3) is 4.46. The highest BCUT2D eigenvalue weighted by molar-refractivity contribution is 6.00.